The zero-order chi connectivity index (χ0) is 74.6. The number of hydrogen-bond donors (Lipinski definition) is 3. The van der Waals surface area contributed by atoms with Gasteiger partial charge in [0.1, 0.15) is 19.3 Å². The highest BCUT2D eigenvalue weighted by Gasteiger charge is 2.30. The van der Waals surface area contributed by atoms with Crippen molar-refractivity contribution < 1.29 is 80.2 Å². The lowest BCUT2D eigenvalue weighted by atomic mass is 10.0. The Hall–Kier alpha value is -1.94. The lowest BCUT2D eigenvalue weighted by Gasteiger charge is -2.21. The average molecular weight is 1490 g/mol. The fourth-order valence-corrected chi connectivity index (χ4v) is 14.6. The van der Waals surface area contributed by atoms with Crippen molar-refractivity contribution in [1.29, 1.82) is 0 Å². The molecule has 0 aliphatic rings. The molecule has 5 atom stereocenters. The van der Waals surface area contributed by atoms with Gasteiger partial charge in [-0.1, -0.05) is 400 Å². The summed E-state index contributed by atoms with van der Waals surface area (Å²) >= 11 is 0. The van der Waals surface area contributed by atoms with Gasteiger partial charge in [-0.3, -0.25) is 37.3 Å². The molecule has 0 fully saturated rings. The first-order valence-electron chi connectivity index (χ1n) is 43.3. The van der Waals surface area contributed by atoms with Gasteiger partial charge in [-0.15, -0.1) is 0 Å². The van der Waals surface area contributed by atoms with Gasteiger partial charge < -0.3 is 33.8 Å². The van der Waals surface area contributed by atoms with Crippen LogP contribution in [0.15, 0.2) is 0 Å². The normalized spacial score (nSPS) is 13.8. The fourth-order valence-electron chi connectivity index (χ4n) is 13.0. The van der Waals surface area contributed by atoms with Crippen LogP contribution in [0, 0.1) is 0 Å². The largest absolute Gasteiger partial charge is 0.472 e. The minimum atomic E-state index is -4.96. The Bertz CT molecular complexity index is 1930. The summed E-state index contributed by atoms with van der Waals surface area (Å²) < 4.78 is 68.8. The first-order valence-corrected chi connectivity index (χ1v) is 46.3. The van der Waals surface area contributed by atoms with Gasteiger partial charge >= 0.3 is 39.5 Å². The van der Waals surface area contributed by atoms with Crippen molar-refractivity contribution in [2.24, 2.45) is 0 Å². The summed E-state index contributed by atoms with van der Waals surface area (Å²) in [5, 5.41) is 10.7. The van der Waals surface area contributed by atoms with Crippen molar-refractivity contribution in [3.8, 4) is 0 Å². The average Bonchev–Trinajstić information content (AvgIpc) is 0.908. The smallest absolute Gasteiger partial charge is 0.462 e. The molecule has 0 radical (unpaired) electrons. The minimum absolute atomic E-state index is 0.109. The van der Waals surface area contributed by atoms with Gasteiger partial charge in [0.15, 0.2) is 12.2 Å². The third-order valence-corrected chi connectivity index (χ3v) is 21.5. The Kier molecular flexibility index (Phi) is 75.8. The number of carbonyl (C=O) groups is 4. The van der Waals surface area contributed by atoms with E-state index in [0.29, 0.717) is 25.7 Å². The Morgan fingerprint density at radius 1 is 0.235 bits per heavy atom. The molecule has 0 rings (SSSR count). The highest BCUT2D eigenvalue weighted by atomic mass is 31.2. The quantitative estimate of drug-likeness (QED) is 0.0222. The van der Waals surface area contributed by atoms with Crippen LogP contribution in [0.5, 0.6) is 0 Å². The molecule has 606 valence electrons. The van der Waals surface area contributed by atoms with Crippen molar-refractivity contribution in [1.82, 2.24) is 0 Å². The Labute approximate surface area is 626 Å². The van der Waals surface area contributed by atoms with Crippen LogP contribution in [0.1, 0.15) is 451 Å². The third-order valence-electron chi connectivity index (χ3n) is 19.6. The van der Waals surface area contributed by atoms with Crippen molar-refractivity contribution in [3.63, 3.8) is 0 Å². The molecule has 0 aromatic carbocycles. The van der Waals surface area contributed by atoms with Gasteiger partial charge in [-0.2, -0.15) is 0 Å². The van der Waals surface area contributed by atoms with E-state index in [-0.39, 0.29) is 25.7 Å². The second kappa shape index (κ2) is 77.2. The van der Waals surface area contributed by atoms with Crippen LogP contribution in [0.4, 0.5) is 0 Å². The monoisotopic (exact) mass is 1490 g/mol. The summed E-state index contributed by atoms with van der Waals surface area (Å²) in [7, 11) is -9.92. The first kappa shape index (κ1) is 100. The van der Waals surface area contributed by atoms with Crippen molar-refractivity contribution in [3.05, 3.63) is 0 Å². The van der Waals surface area contributed by atoms with E-state index in [4.69, 9.17) is 37.0 Å². The van der Waals surface area contributed by atoms with Gasteiger partial charge in [0.25, 0.3) is 0 Å². The van der Waals surface area contributed by atoms with Gasteiger partial charge in [0, 0.05) is 25.7 Å². The third kappa shape index (κ3) is 76.3. The number of aliphatic hydroxyl groups excluding tert-OH is 1. The number of esters is 4. The molecule has 102 heavy (non-hydrogen) atoms. The summed E-state index contributed by atoms with van der Waals surface area (Å²) in [6, 6.07) is 0. The number of hydrogen-bond acceptors (Lipinski definition) is 15. The zero-order valence-corrected chi connectivity index (χ0v) is 68.4. The molecular formula is C83H162O17P2. The molecule has 0 aliphatic heterocycles. The number of carbonyl (C=O) groups excluding carboxylic acids is 4. The minimum Gasteiger partial charge on any atom is -0.462 e. The van der Waals surface area contributed by atoms with E-state index in [1.54, 1.807) is 0 Å². The first-order chi connectivity index (χ1) is 49.7. The Morgan fingerprint density at radius 3 is 0.578 bits per heavy atom. The van der Waals surface area contributed by atoms with E-state index < -0.39 is 97.5 Å². The molecule has 0 bridgehead atoms. The van der Waals surface area contributed by atoms with E-state index in [9.17, 15) is 43.2 Å². The van der Waals surface area contributed by atoms with E-state index in [2.05, 4.69) is 27.7 Å². The van der Waals surface area contributed by atoms with E-state index >= 15 is 0 Å². The highest BCUT2D eigenvalue weighted by Crippen LogP contribution is 2.45. The number of phosphoric acid groups is 2. The molecular weight excluding hydrogens is 1330 g/mol. The molecule has 19 heteroatoms. The predicted molar refractivity (Wildman–Crippen MR) is 419 cm³/mol. The number of phosphoric ester groups is 2. The second-order valence-corrected chi connectivity index (χ2v) is 32.8. The van der Waals surface area contributed by atoms with Crippen molar-refractivity contribution in [2.45, 2.75) is 470 Å². The molecule has 17 nitrogen and oxygen atoms in total. The van der Waals surface area contributed by atoms with Crippen molar-refractivity contribution >= 4 is 39.5 Å². The summed E-state index contributed by atoms with van der Waals surface area (Å²) in [5.74, 6) is -2.10. The van der Waals surface area contributed by atoms with Crippen LogP contribution in [0.3, 0.4) is 0 Å². The molecule has 0 spiro atoms. The Morgan fingerprint density at radius 2 is 0.392 bits per heavy atom. The molecule has 0 saturated carbocycles. The van der Waals surface area contributed by atoms with Gasteiger partial charge in [0.2, 0.25) is 0 Å². The summed E-state index contributed by atoms with van der Waals surface area (Å²) in [6.45, 7) is 5.05. The Balaban J connectivity index is 5.25. The standard InChI is InChI=1S/C83H162O17P2/c1-5-9-13-17-21-25-29-33-36-38-41-44-47-51-55-59-63-67-80(85)93-73-78(99-82(87)69-65-61-57-53-49-43-32-28-24-20-16-12-8-4)75-97-101(89,90)95-71-77(84)72-96-102(91,92)98-76-79(100-83(88)70-66-62-58-54-50-46-40-35-31-27-23-19-15-11-7-3)74-94-81(86)68-64-60-56-52-48-45-42-39-37-34-30-26-22-18-14-10-6-2/h77-79,84H,5-76H2,1-4H3,(H,89,90)(H,91,92)/t77-,78-,79-/m1/s1. The lowest BCUT2D eigenvalue weighted by molar-refractivity contribution is -0.161. The zero-order valence-electron chi connectivity index (χ0n) is 66.6. The maximum atomic E-state index is 13.1. The van der Waals surface area contributed by atoms with E-state index in [1.807, 2.05) is 0 Å². The molecule has 2 unspecified atom stereocenters. The molecule has 0 saturated heterocycles. The molecule has 0 aromatic rings. The van der Waals surface area contributed by atoms with E-state index in [0.717, 1.165) is 89.9 Å². The highest BCUT2D eigenvalue weighted by molar-refractivity contribution is 7.47. The lowest BCUT2D eigenvalue weighted by Crippen LogP contribution is -2.30. The molecule has 0 aliphatic carbocycles. The number of rotatable bonds is 84. The van der Waals surface area contributed by atoms with Gasteiger partial charge in [0.05, 0.1) is 26.4 Å². The topological polar surface area (TPSA) is 237 Å². The summed E-state index contributed by atoms with van der Waals surface area (Å²) in [5.41, 5.74) is 0. The number of ether oxygens (including phenoxy) is 4. The summed E-state index contributed by atoms with van der Waals surface area (Å²) in [4.78, 5) is 73.2. The van der Waals surface area contributed by atoms with Crippen LogP contribution >= 0.6 is 15.6 Å². The second-order valence-electron chi connectivity index (χ2n) is 29.9. The van der Waals surface area contributed by atoms with E-state index in [1.165, 1.54) is 283 Å². The van der Waals surface area contributed by atoms with Crippen molar-refractivity contribution in [2.75, 3.05) is 39.6 Å². The van der Waals surface area contributed by atoms with Crippen LogP contribution < -0.4 is 0 Å². The SMILES string of the molecule is CCCCCCCCCCCCCCCCCCCC(=O)OC[C@H](COP(=O)(O)OC[C@@H](O)COP(=O)(O)OC[C@@H](COC(=O)CCCCCCCCCCCCCCCCCCC)OC(=O)CCCCCCCCCCCCCCCCC)OC(=O)CCCCCCCCCCCCCCC. The van der Waals surface area contributed by atoms with Crippen LogP contribution in [0.2, 0.25) is 0 Å². The van der Waals surface area contributed by atoms with Crippen LogP contribution in [0.25, 0.3) is 0 Å². The molecule has 0 amide bonds. The maximum Gasteiger partial charge on any atom is 0.472 e. The summed E-state index contributed by atoms with van der Waals surface area (Å²) in [6.07, 6.45) is 70.6. The molecule has 0 aromatic heterocycles. The fraction of sp³-hybridized carbons (Fsp3) is 0.952. The van der Waals surface area contributed by atoms with Gasteiger partial charge in [-0.05, 0) is 25.7 Å². The number of aliphatic hydroxyl groups is 1. The maximum absolute atomic E-state index is 13.1. The molecule has 3 N–H and O–H groups in total. The van der Waals surface area contributed by atoms with Crippen LogP contribution in [-0.4, -0.2) is 96.7 Å². The predicted octanol–water partition coefficient (Wildman–Crippen LogP) is 25.4. The number of unbranched alkanes of at least 4 members (excludes halogenated alkanes) is 58. The van der Waals surface area contributed by atoms with Crippen LogP contribution in [-0.2, 0) is 65.4 Å². The molecule has 0 heterocycles. The van der Waals surface area contributed by atoms with Gasteiger partial charge in [-0.25, -0.2) is 9.13 Å².